The highest BCUT2D eigenvalue weighted by atomic mass is 19.1. The van der Waals surface area contributed by atoms with Crippen LogP contribution >= 0.6 is 0 Å². The Labute approximate surface area is 169 Å². The molecule has 2 aromatic carbocycles. The molecule has 1 aliphatic heterocycles. The molecular formula is C23H24FNO4. The molecule has 0 spiro atoms. The maximum atomic E-state index is 13.1. The van der Waals surface area contributed by atoms with E-state index in [1.165, 1.54) is 24.3 Å². The number of hydrogen-bond acceptors (Lipinski definition) is 4. The third kappa shape index (κ3) is 5.28. The first-order valence-electron chi connectivity index (χ1n) is 9.81. The third-order valence-corrected chi connectivity index (χ3v) is 5.16. The van der Waals surface area contributed by atoms with E-state index >= 15 is 0 Å². The molecular weight excluding hydrogens is 373 g/mol. The molecule has 5 nitrogen and oxygen atoms in total. The van der Waals surface area contributed by atoms with Gasteiger partial charge in [0.2, 0.25) is 0 Å². The molecule has 6 heteroatoms. The van der Waals surface area contributed by atoms with Crippen LogP contribution in [0.1, 0.15) is 46.0 Å². The number of amides is 1. The smallest absolute Gasteiger partial charge is 0.311 e. The highest BCUT2D eigenvalue weighted by Gasteiger charge is 2.30. The molecule has 1 unspecified atom stereocenters. The van der Waals surface area contributed by atoms with Crippen LogP contribution in [0, 0.1) is 11.7 Å². The van der Waals surface area contributed by atoms with Crippen molar-refractivity contribution in [3.05, 3.63) is 71.0 Å². The molecule has 1 atom stereocenters. The van der Waals surface area contributed by atoms with Crippen LogP contribution in [0.4, 0.5) is 4.39 Å². The zero-order valence-corrected chi connectivity index (χ0v) is 16.4. The van der Waals surface area contributed by atoms with Crippen molar-refractivity contribution in [3.8, 4) is 0 Å². The van der Waals surface area contributed by atoms with Gasteiger partial charge in [0.1, 0.15) is 5.82 Å². The summed E-state index contributed by atoms with van der Waals surface area (Å²) in [6.07, 6.45) is 2.16. The zero-order valence-electron chi connectivity index (χ0n) is 16.4. The van der Waals surface area contributed by atoms with Crippen molar-refractivity contribution in [1.82, 2.24) is 4.90 Å². The van der Waals surface area contributed by atoms with E-state index < -0.39 is 17.7 Å². The number of nitrogens with zero attached hydrogens (tertiary/aromatic N) is 1. The number of ether oxygens (including phenoxy) is 1. The van der Waals surface area contributed by atoms with Crippen LogP contribution in [0.15, 0.2) is 48.5 Å². The number of Topliss-reactive ketones (excluding diaryl/α,β-unsaturated/α-hetero) is 1. The number of aryl methyl sites for hydroxylation is 1. The average molecular weight is 397 g/mol. The van der Waals surface area contributed by atoms with Crippen molar-refractivity contribution in [2.75, 3.05) is 19.7 Å². The van der Waals surface area contributed by atoms with Crippen LogP contribution in [0.3, 0.4) is 0 Å². The summed E-state index contributed by atoms with van der Waals surface area (Å²) >= 11 is 0. The van der Waals surface area contributed by atoms with Crippen LogP contribution in [-0.2, 0) is 16.0 Å². The minimum Gasteiger partial charge on any atom is -0.457 e. The van der Waals surface area contributed by atoms with E-state index in [2.05, 4.69) is 0 Å². The molecule has 152 valence electrons. The number of carbonyl (C=O) groups is 3. The number of likely N-dealkylation sites (tertiary alicyclic amines) is 1. The van der Waals surface area contributed by atoms with E-state index in [9.17, 15) is 18.8 Å². The van der Waals surface area contributed by atoms with Crippen LogP contribution in [0.2, 0.25) is 0 Å². The summed E-state index contributed by atoms with van der Waals surface area (Å²) < 4.78 is 18.3. The van der Waals surface area contributed by atoms with Gasteiger partial charge in [0.15, 0.2) is 12.4 Å². The van der Waals surface area contributed by atoms with Crippen LogP contribution in [0.25, 0.3) is 0 Å². The molecule has 0 bridgehead atoms. The number of esters is 1. The van der Waals surface area contributed by atoms with Gasteiger partial charge < -0.3 is 9.64 Å². The van der Waals surface area contributed by atoms with Crippen molar-refractivity contribution in [2.45, 2.75) is 26.2 Å². The van der Waals surface area contributed by atoms with Crippen LogP contribution in [0.5, 0.6) is 0 Å². The lowest BCUT2D eigenvalue weighted by Gasteiger charge is -2.31. The molecule has 1 saturated heterocycles. The molecule has 0 saturated carbocycles. The van der Waals surface area contributed by atoms with Gasteiger partial charge in [0.05, 0.1) is 5.92 Å². The summed E-state index contributed by atoms with van der Waals surface area (Å²) in [6, 6.07) is 12.6. The molecule has 1 fully saturated rings. The number of rotatable bonds is 6. The van der Waals surface area contributed by atoms with Crippen molar-refractivity contribution >= 4 is 17.7 Å². The second kappa shape index (κ2) is 9.45. The number of carbonyl (C=O) groups excluding carboxylic acids is 3. The highest BCUT2D eigenvalue weighted by molar-refractivity contribution is 5.98. The van der Waals surface area contributed by atoms with E-state index in [1.54, 1.807) is 17.0 Å². The monoisotopic (exact) mass is 397 g/mol. The molecule has 0 N–H and O–H groups in total. The van der Waals surface area contributed by atoms with E-state index in [0.717, 1.165) is 12.0 Å². The van der Waals surface area contributed by atoms with Gasteiger partial charge in [-0.2, -0.15) is 0 Å². The van der Waals surface area contributed by atoms with Gasteiger partial charge in [0.25, 0.3) is 5.91 Å². The van der Waals surface area contributed by atoms with E-state index in [0.29, 0.717) is 30.5 Å². The Bertz CT molecular complexity index is 877. The minimum absolute atomic E-state index is 0.231. The Balaban J connectivity index is 1.54. The van der Waals surface area contributed by atoms with Gasteiger partial charge in [-0.05, 0) is 49.1 Å². The van der Waals surface area contributed by atoms with Crippen molar-refractivity contribution in [3.63, 3.8) is 0 Å². The quantitative estimate of drug-likeness (QED) is 0.551. The van der Waals surface area contributed by atoms with Gasteiger partial charge in [-0.1, -0.05) is 31.2 Å². The van der Waals surface area contributed by atoms with E-state index in [-0.39, 0.29) is 24.8 Å². The molecule has 0 radical (unpaired) electrons. The number of halogens is 1. The maximum Gasteiger partial charge on any atom is 0.311 e. The summed E-state index contributed by atoms with van der Waals surface area (Å²) in [5.41, 5.74) is 2.02. The van der Waals surface area contributed by atoms with Gasteiger partial charge in [-0.15, -0.1) is 0 Å². The molecule has 0 aromatic heterocycles. The average Bonchev–Trinajstić information content (AvgIpc) is 2.77. The molecule has 29 heavy (non-hydrogen) atoms. The Kier molecular flexibility index (Phi) is 6.75. The Morgan fingerprint density at radius 3 is 2.34 bits per heavy atom. The fourth-order valence-electron chi connectivity index (χ4n) is 3.39. The number of benzene rings is 2. The van der Waals surface area contributed by atoms with E-state index in [4.69, 9.17) is 4.74 Å². The summed E-state index contributed by atoms with van der Waals surface area (Å²) in [6.45, 7) is 2.48. The third-order valence-electron chi connectivity index (χ3n) is 5.16. The zero-order chi connectivity index (χ0) is 20.8. The Morgan fingerprint density at radius 2 is 1.69 bits per heavy atom. The SMILES string of the molecule is CCc1ccc(C(=O)COC(=O)C2CCCN(C(=O)c3ccc(F)cc3)C2)cc1. The highest BCUT2D eigenvalue weighted by Crippen LogP contribution is 2.20. The van der Waals surface area contributed by atoms with E-state index in [1.807, 2.05) is 19.1 Å². The van der Waals surface area contributed by atoms with Gasteiger partial charge in [0, 0.05) is 24.2 Å². The minimum atomic E-state index is -0.472. The number of hydrogen-bond donors (Lipinski definition) is 0. The molecule has 0 aliphatic carbocycles. The first-order chi connectivity index (χ1) is 14.0. The second-order valence-corrected chi connectivity index (χ2v) is 7.18. The van der Waals surface area contributed by atoms with Crippen molar-refractivity contribution in [1.29, 1.82) is 0 Å². The molecule has 2 aromatic rings. The van der Waals surface area contributed by atoms with Gasteiger partial charge in [-0.25, -0.2) is 4.39 Å². The number of ketones is 1. The lowest BCUT2D eigenvalue weighted by Crippen LogP contribution is -2.43. The van der Waals surface area contributed by atoms with Gasteiger partial charge in [-0.3, -0.25) is 14.4 Å². The predicted octanol–water partition coefficient (Wildman–Crippen LogP) is 3.67. The molecule has 1 heterocycles. The fraction of sp³-hybridized carbons (Fsp3) is 0.348. The van der Waals surface area contributed by atoms with Crippen LogP contribution < -0.4 is 0 Å². The second-order valence-electron chi connectivity index (χ2n) is 7.18. The first kappa shape index (κ1) is 20.7. The first-order valence-corrected chi connectivity index (χ1v) is 9.81. The number of piperidine rings is 1. The molecule has 3 rings (SSSR count). The molecule has 1 amide bonds. The van der Waals surface area contributed by atoms with Crippen LogP contribution in [-0.4, -0.2) is 42.3 Å². The van der Waals surface area contributed by atoms with Gasteiger partial charge >= 0.3 is 5.97 Å². The summed E-state index contributed by atoms with van der Waals surface area (Å²) in [7, 11) is 0. The normalized spacial score (nSPS) is 16.3. The van der Waals surface area contributed by atoms with Crippen molar-refractivity contribution in [2.24, 2.45) is 5.92 Å². The lowest BCUT2D eigenvalue weighted by molar-refractivity contribution is -0.148. The Hall–Kier alpha value is -3.02. The standard InChI is InChI=1S/C23H24FNO4/c1-2-16-5-7-17(8-6-16)21(26)15-29-23(28)19-4-3-13-25(14-19)22(27)18-9-11-20(24)12-10-18/h5-12,19H,2-4,13-15H2,1H3. The Morgan fingerprint density at radius 1 is 1.03 bits per heavy atom. The summed E-state index contributed by atoms with van der Waals surface area (Å²) in [4.78, 5) is 38.8. The lowest BCUT2D eigenvalue weighted by atomic mass is 9.97. The summed E-state index contributed by atoms with van der Waals surface area (Å²) in [5, 5.41) is 0. The topological polar surface area (TPSA) is 63.7 Å². The molecule has 1 aliphatic rings. The largest absolute Gasteiger partial charge is 0.457 e. The maximum absolute atomic E-state index is 13.1. The fourth-order valence-corrected chi connectivity index (χ4v) is 3.39. The summed E-state index contributed by atoms with van der Waals surface area (Å²) in [5.74, 6) is -1.84. The van der Waals surface area contributed by atoms with Crippen molar-refractivity contribution < 1.29 is 23.5 Å². The predicted molar refractivity (Wildman–Crippen MR) is 106 cm³/mol.